The first-order chi connectivity index (χ1) is 31.8. The number of rotatable bonds is 7. The lowest BCUT2D eigenvalue weighted by Crippen LogP contribution is -2.39. The molecular formula is C52H62Br2F4N6O3. The van der Waals surface area contributed by atoms with Gasteiger partial charge in [-0.3, -0.25) is 4.79 Å². The number of halogens is 6. The molecule has 360 valence electrons. The van der Waals surface area contributed by atoms with E-state index in [4.69, 9.17) is 5.73 Å². The highest BCUT2D eigenvalue weighted by Gasteiger charge is 2.46. The molecule has 4 aromatic rings. The van der Waals surface area contributed by atoms with Gasteiger partial charge in [0.05, 0.1) is 22.5 Å². The van der Waals surface area contributed by atoms with Gasteiger partial charge in [-0.1, -0.05) is 31.9 Å². The molecule has 0 atom stereocenters. The number of aryl methyl sites for hydroxylation is 2. The van der Waals surface area contributed by atoms with Crippen LogP contribution in [0.2, 0.25) is 0 Å². The SMILES string of the molecule is Cc1cc(N)cc(N2CCC(F)(F)CC2)c1.Cc1cc(NC(=O)c2ccc(Br)cc2N2CCC3(CC2)CC3)cc(N2CCC(F)(F)CC2)c1.O=C(O)c1ccc(Br)cc1N1CCC2(CC1)CC2. The molecule has 1 amide bonds. The Morgan fingerprint density at radius 3 is 1.37 bits per heavy atom. The van der Waals surface area contributed by atoms with Crippen molar-refractivity contribution in [2.75, 3.05) is 83.0 Å². The van der Waals surface area contributed by atoms with Gasteiger partial charge in [-0.15, -0.1) is 0 Å². The highest BCUT2D eigenvalue weighted by atomic mass is 79.9. The fourth-order valence-corrected chi connectivity index (χ4v) is 10.8. The van der Waals surface area contributed by atoms with Gasteiger partial charge in [0, 0.05) is 110 Å². The maximum Gasteiger partial charge on any atom is 0.337 e. The standard InChI is InChI=1S/C26H30BrF2N3O.C14H16BrNO2.C12H16F2N2/c1-18-14-20(17-21(15-18)31-12-8-26(28,29)9-13-31)30-24(33)22-3-2-19(27)16-23(22)32-10-6-25(4-5-25)7-11-32;15-10-1-2-11(13(17)18)12(9-10)16-7-5-14(3-4-14)6-8-16;1-9-6-10(15)8-11(7-9)16-4-2-12(13,14)3-5-16/h2-3,14-17H,4-13H2,1H3,(H,30,33);1-2,9H,3-8H2,(H,17,18);6-8H,2-5,15H2,1H3. The van der Waals surface area contributed by atoms with E-state index in [-0.39, 0.29) is 31.6 Å². The van der Waals surface area contributed by atoms with Crippen LogP contribution in [0.5, 0.6) is 0 Å². The van der Waals surface area contributed by atoms with Crippen LogP contribution < -0.4 is 30.7 Å². The first-order valence-corrected chi connectivity index (χ1v) is 25.2. The number of carboxylic acid groups (broad SMARTS) is 1. The zero-order chi connectivity index (χ0) is 47.7. The van der Waals surface area contributed by atoms with Crippen LogP contribution in [0.3, 0.4) is 0 Å². The Balaban J connectivity index is 0.000000150. The van der Waals surface area contributed by atoms with Crippen LogP contribution in [0, 0.1) is 24.7 Å². The van der Waals surface area contributed by atoms with Crippen LogP contribution in [-0.4, -0.2) is 81.2 Å². The van der Waals surface area contributed by atoms with Crippen LogP contribution in [0.1, 0.15) is 109 Å². The Morgan fingerprint density at radius 2 is 0.940 bits per heavy atom. The molecular weight excluding hydrogens is 992 g/mol. The number of anilines is 6. The largest absolute Gasteiger partial charge is 0.478 e. The Labute approximate surface area is 408 Å². The maximum absolute atomic E-state index is 13.6. The molecule has 2 spiro atoms. The summed E-state index contributed by atoms with van der Waals surface area (Å²) in [7, 11) is 0. The summed E-state index contributed by atoms with van der Waals surface area (Å²) in [4.78, 5) is 33.1. The minimum Gasteiger partial charge on any atom is -0.478 e. The topological polar surface area (TPSA) is 105 Å². The summed E-state index contributed by atoms with van der Waals surface area (Å²) in [5.74, 6) is -6.07. The number of carbonyl (C=O) groups excluding carboxylic acids is 1. The molecule has 0 bridgehead atoms. The molecule has 4 N–H and O–H groups in total. The van der Waals surface area contributed by atoms with E-state index >= 15 is 0 Å². The predicted octanol–water partition coefficient (Wildman–Crippen LogP) is 13.0. The highest BCUT2D eigenvalue weighted by molar-refractivity contribution is 9.10. The number of nitrogens with one attached hydrogen (secondary N) is 1. The van der Waals surface area contributed by atoms with E-state index < -0.39 is 17.8 Å². The van der Waals surface area contributed by atoms with Gasteiger partial charge in [0.1, 0.15) is 0 Å². The van der Waals surface area contributed by atoms with Crippen LogP contribution in [0.4, 0.5) is 51.7 Å². The second-order valence-corrected chi connectivity index (χ2v) is 21.7. The molecule has 10 rings (SSSR count). The molecule has 4 aromatic carbocycles. The van der Waals surface area contributed by atoms with E-state index in [1.807, 2.05) is 84.3 Å². The molecule has 6 fully saturated rings. The average Bonchev–Trinajstić information content (AvgIpc) is 4.22. The van der Waals surface area contributed by atoms with Gasteiger partial charge in [-0.25, -0.2) is 22.4 Å². The van der Waals surface area contributed by atoms with Crippen molar-refractivity contribution >= 4 is 77.9 Å². The lowest BCUT2D eigenvalue weighted by molar-refractivity contribution is -0.0226. The third-order valence-corrected chi connectivity index (χ3v) is 15.7. The van der Waals surface area contributed by atoms with Crippen LogP contribution in [-0.2, 0) is 0 Å². The lowest BCUT2D eigenvalue weighted by atomic mass is 9.93. The van der Waals surface area contributed by atoms with E-state index in [9.17, 15) is 32.3 Å². The molecule has 4 heterocycles. The van der Waals surface area contributed by atoms with Crippen LogP contribution in [0.25, 0.3) is 0 Å². The predicted molar refractivity (Wildman–Crippen MR) is 269 cm³/mol. The van der Waals surface area contributed by atoms with Crippen LogP contribution in [0.15, 0.2) is 81.7 Å². The number of piperidine rings is 4. The highest BCUT2D eigenvalue weighted by Crippen LogP contribution is 2.55. The number of amides is 1. The second kappa shape index (κ2) is 19.8. The first kappa shape index (κ1) is 48.9. The van der Waals surface area contributed by atoms with E-state index in [0.717, 1.165) is 69.0 Å². The van der Waals surface area contributed by atoms with Crippen molar-refractivity contribution in [1.82, 2.24) is 0 Å². The molecule has 6 aliphatic rings. The summed E-state index contributed by atoms with van der Waals surface area (Å²) in [6.07, 6.45) is 9.81. The number of carbonyl (C=O) groups is 2. The Morgan fingerprint density at radius 1 is 0.537 bits per heavy atom. The van der Waals surface area contributed by atoms with Crippen molar-refractivity contribution in [1.29, 1.82) is 0 Å². The van der Waals surface area contributed by atoms with Gasteiger partial charge < -0.3 is 35.8 Å². The molecule has 2 saturated carbocycles. The quantitative estimate of drug-likeness (QED) is 0.124. The molecule has 9 nitrogen and oxygen atoms in total. The van der Waals surface area contributed by atoms with Crippen molar-refractivity contribution in [3.63, 3.8) is 0 Å². The molecule has 2 aliphatic carbocycles. The van der Waals surface area contributed by atoms with Gasteiger partial charge in [0.15, 0.2) is 0 Å². The third-order valence-electron chi connectivity index (χ3n) is 14.8. The number of nitrogens with two attached hydrogens (primary N) is 1. The molecule has 4 saturated heterocycles. The van der Waals surface area contributed by atoms with Crippen molar-refractivity contribution < 1.29 is 32.3 Å². The number of carboxylic acids is 1. The molecule has 67 heavy (non-hydrogen) atoms. The number of nitrogen functional groups attached to an aromatic ring is 1. The molecule has 0 radical (unpaired) electrons. The smallest absolute Gasteiger partial charge is 0.337 e. The second-order valence-electron chi connectivity index (χ2n) is 19.9. The summed E-state index contributed by atoms with van der Waals surface area (Å²) in [6, 6.07) is 22.7. The number of nitrogens with zero attached hydrogens (tertiary/aromatic N) is 4. The molecule has 0 aromatic heterocycles. The maximum atomic E-state index is 13.6. The Bertz CT molecular complexity index is 2400. The fraction of sp³-hybridized carbons (Fsp3) is 0.500. The lowest BCUT2D eigenvalue weighted by Gasteiger charge is -2.35. The molecule has 4 aliphatic heterocycles. The summed E-state index contributed by atoms with van der Waals surface area (Å²) in [6.45, 7) is 9.27. The van der Waals surface area contributed by atoms with E-state index in [1.165, 1.54) is 51.4 Å². The monoisotopic (exact) mass is 1050 g/mol. The van der Waals surface area contributed by atoms with E-state index in [1.54, 1.807) is 12.1 Å². The van der Waals surface area contributed by atoms with Crippen molar-refractivity contribution in [3.8, 4) is 0 Å². The number of hydrogen-bond acceptors (Lipinski definition) is 7. The Hall–Kier alpha value is -4.50. The van der Waals surface area contributed by atoms with Gasteiger partial charge in [-0.2, -0.15) is 0 Å². The van der Waals surface area contributed by atoms with E-state index in [2.05, 4.69) is 47.0 Å². The Kier molecular flexibility index (Phi) is 14.5. The van der Waals surface area contributed by atoms with Crippen LogP contribution >= 0.6 is 31.9 Å². The van der Waals surface area contributed by atoms with Gasteiger partial charge in [0.2, 0.25) is 0 Å². The van der Waals surface area contributed by atoms with Gasteiger partial charge in [0.25, 0.3) is 17.8 Å². The normalized spacial score (nSPS) is 20.8. The van der Waals surface area contributed by atoms with Crippen molar-refractivity contribution in [2.45, 2.75) is 103 Å². The number of hydrogen-bond donors (Lipinski definition) is 3. The number of benzene rings is 4. The third kappa shape index (κ3) is 12.6. The minimum absolute atomic E-state index is 0.0686. The van der Waals surface area contributed by atoms with Gasteiger partial charge >= 0.3 is 5.97 Å². The summed E-state index contributed by atoms with van der Waals surface area (Å²) in [5, 5.41) is 12.3. The summed E-state index contributed by atoms with van der Waals surface area (Å²) in [5.41, 5.74) is 15.1. The zero-order valence-corrected chi connectivity index (χ0v) is 41.6. The average molecular weight is 1050 g/mol. The number of alkyl halides is 4. The summed E-state index contributed by atoms with van der Waals surface area (Å²) < 4.78 is 55.1. The van der Waals surface area contributed by atoms with E-state index in [0.29, 0.717) is 59.5 Å². The first-order valence-electron chi connectivity index (χ1n) is 23.7. The van der Waals surface area contributed by atoms with Crippen molar-refractivity contribution in [3.05, 3.63) is 104 Å². The van der Waals surface area contributed by atoms with Crippen molar-refractivity contribution in [2.24, 2.45) is 10.8 Å². The van der Waals surface area contributed by atoms with Gasteiger partial charge in [-0.05, 0) is 160 Å². The molecule has 15 heteroatoms. The fourth-order valence-electron chi connectivity index (χ4n) is 10.1. The zero-order valence-electron chi connectivity index (χ0n) is 38.5. The molecule has 0 unspecified atom stereocenters. The summed E-state index contributed by atoms with van der Waals surface area (Å²) >= 11 is 6.99. The minimum atomic E-state index is -2.58. The number of aromatic carboxylic acids is 1.